The van der Waals surface area contributed by atoms with Crippen molar-refractivity contribution in [1.82, 2.24) is 10.2 Å². The van der Waals surface area contributed by atoms with Crippen LogP contribution < -0.4 is 5.32 Å². The molecule has 0 aromatic carbocycles. The minimum Gasteiger partial charge on any atom is -0.317 e. The minimum atomic E-state index is 0.698. The molecule has 0 amide bonds. The first-order valence-electron chi connectivity index (χ1n) is 6.57. The molecule has 2 atom stereocenters. The smallest absolute Gasteiger partial charge is 0.0330 e. The monoisotopic (exact) mass is 252 g/mol. The van der Waals surface area contributed by atoms with E-state index in [1.54, 1.807) is 0 Å². The van der Waals surface area contributed by atoms with Crippen LogP contribution in [0.15, 0.2) is 6.07 Å². The van der Waals surface area contributed by atoms with Gasteiger partial charge in [0, 0.05) is 34.9 Å². The second-order valence-corrected chi connectivity index (χ2v) is 6.62. The molecular formula is C14H24N2S. The lowest BCUT2D eigenvalue weighted by Gasteiger charge is -2.37. The summed E-state index contributed by atoms with van der Waals surface area (Å²) < 4.78 is 0. The molecule has 2 heterocycles. The molecule has 1 aromatic heterocycles. The first-order valence-corrected chi connectivity index (χ1v) is 7.39. The van der Waals surface area contributed by atoms with Crippen molar-refractivity contribution in [3.8, 4) is 0 Å². The van der Waals surface area contributed by atoms with Crippen molar-refractivity contribution < 1.29 is 0 Å². The average molecular weight is 252 g/mol. The summed E-state index contributed by atoms with van der Waals surface area (Å²) in [6.07, 6.45) is 2.56. The Morgan fingerprint density at radius 3 is 2.76 bits per heavy atom. The van der Waals surface area contributed by atoms with Gasteiger partial charge in [0.1, 0.15) is 0 Å². The molecule has 1 aromatic rings. The van der Waals surface area contributed by atoms with E-state index in [9.17, 15) is 0 Å². The fourth-order valence-corrected chi connectivity index (χ4v) is 3.72. The molecule has 0 saturated carbocycles. The van der Waals surface area contributed by atoms with E-state index in [0.717, 1.165) is 6.54 Å². The predicted octanol–water partition coefficient (Wildman–Crippen LogP) is 2.94. The van der Waals surface area contributed by atoms with E-state index < -0.39 is 0 Å². The maximum atomic E-state index is 3.41. The molecule has 2 unspecified atom stereocenters. The molecule has 96 valence electrons. The summed E-state index contributed by atoms with van der Waals surface area (Å²) in [5.74, 6) is 0. The lowest BCUT2D eigenvalue weighted by Crippen LogP contribution is -2.45. The summed E-state index contributed by atoms with van der Waals surface area (Å²) in [4.78, 5) is 5.62. The van der Waals surface area contributed by atoms with Crippen molar-refractivity contribution in [2.24, 2.45) is 0 Å². The van der Waals surface area contributed by atoms with Gasteiger partial charge in [0.15, 0.2) is 0 Å². The highest BCUT2D eigenvalue weighted by atomic mass is 32.1. The highest BCUT2D eigenvalue weighted by Gasteiger charge is 2.24. The molecule has 0 spiro atoms. The van der Waals surface area contributed by atoms with Crippen molar-refractivity contribution in [3.63, 3.8) is 0 Å². The Morgan fingerprint density at radius 2 is 2.24 bits per heavy atom. The number of nitrogens with one attached hydrogen (secondary N) is 1. The fourth-order valence-electron chi connectivity index (χ4n) is 2.65. The maximum Gasteiger partial charge on any atom is 0.0330 e. The summed E-state index contributed by atoms with van der Waals surface area (Å²) >= 11 is 1.96. The van der Waals surface area contributed by atoms with E-state index in [0.29, 0.717) is 12.1 Å². The number of hydrogen-bond acceptors (Lipinski definition) is 3. The SMILES string of the molecule is CNC1CCN(Cc2cc(C)c(C)s2)C(C)C1. The second kappa shape index (κ2) is 5.51. The third-order valence-corrected chi connectivity index (χ3v) is 5.14. The molecule has 0 bridgehead atoms. The van der Waals surface area contributed by atoms with Crippen LogP contribution in [0.25, 0.3) is 0 Å². The van der Waals surface area contributed by atoms with Gasteiger partial charge in [-0.3, -0.25) is 4.90 Å². The normalized spacial score (nSPS) is 26.4. The molecule has 2 nitrogen and oxygen atoms in total. The number of piperidine rings is 1. The molecule has 1 aliphatic rings. The van der Waals surface area contributed by atoms with Crippen LogP contribution in [-0.4, -0.2) is 30.6 Å². The zero-order valence-corrected chi connectivity index (χ0v) is 12.2. The van der Waals surface area contributed by atoms with Gasteiger partial charge in [0.25, 0.3) is 0 Å². The number of likely N-dealkylation sites (tertiary alicyclic amines) is 1. The van der Waals surface area contributed by atoms with Gasteiger partial charge in [-0.1, -0.05) is 0 Å². The van der Waals surface area contributed by atoms with Gasteiger partial charge >= 0.3 is 0 Å². The molecular weight excluding hydrogens is 228 g/mol. The number of nitrogens with zero attached hydrogens (tertiary/aromatic N) is 1. The molecule has 3 heteroatoms. The molecule has 0 aliphatic carbocycles. The molecule has 1 aliphatic heterocycles. The van der Waals surface area contributed by atoms with Crippen LogP contribution in [0, 0.1) is 13.8 Å². The predicted molar refractivity (Wildman–Crippen MR) is 75.7 cm³/mol. The maximum absolute atomic E-state index is 3.41. The fraction of sp³-hybridized carbons (Fsp3) is 0.714. The lowest BCUT2D eigenvalue weighted by molar-refractivity contribution is 0.132. The van der Waals surface area contributed by atoms with Crippen LogP contribution >= 0.6 is 11.3 Å². The Morgan fingerprint density at radius 1 is 1.47 bits per heavy atom. The van der Waals surface area contributed by atoms with Gasteiger partial charge in [-0.05, 0) is 52.3 Å². The highest BCUT2D eigenvalue weighted by molar-refractivity contribution is 7.12. The summed E-state index contributed by atoms with van der Waals surface area (Å²) in [6, 6.07) is 3.77. The lowest BCUT2D eigenvalue weighted by atomic mass is 9.98. The van der Waals surface area contributed by atoms with Crippen LogP contribution in [-0.2, 0) is 6.54 Å². The average Bonchev–Trinajstić information content (AvgIpc) is 2.61. The molecule has 17 heavy (non-hydrogen) atoms. The van der Waals surface area contributed by atoms with Crippen molar-refractivity contribution >= 4 is 11.3 Å². The third kappa shape index (κ3) is 3.09. The molecule has 2 rings (SSSR count). The second-order valence-electron chi connectivity index (χ2n) is 5.28. The van der Waals surface area contributed by atoms with Crippen molar-refractivity contribution in [2.45, 2.75) is 52.2 Å². The molecule has 1 N–H and O–H groups in total. The van der Waals surface area contributed by atoms with Crippen LogP contribution in [0.1, 0.15) is 35.1 Å². The molecule has 1 saturated heterocycles. The summed E-state index contributed by atoms with van der Waals surface area (Å²) in [7, 11) is 2.08. The van der Waals surface area contributed by atoms with E-state index >= 15 is 0 Å². The van der Waals surface area contributed by atoms with Crippen molar-refractivity contribution in [3.05, 3.63) is 21.4 Å². The van der Waals surface area contributed by atoms with Crippen molar-refractivity contribution in [2.75, 3.05) is 13.6 Å². The summed E-state index contributed by atoms with van der Waals surface area (Å²) in [5.41, 5.74) is 1.45. The quantitative estimate of drug-likeness (QED) is 0.890. The number of aryl methyl sites for hydroxylation is 2. The van der Waals surface area contributed by atoms with Crippen LogP contribution in [0.5, 0.6) is 0 Å². The topological polar surface area (TPSA) is 15.3 Å². The summed E-state index contributed by atoms with van der Waals surface area (Å²) in [6.45, 7) is 9.16. The molecule has 1 fully saturated rings. The standard InChI is InChI=1S/C14H24N2S/c1-10-7-14(17-12(10)3)9-16-6-5-13(15-4)8-11(16)2/h7,11,13,15H,5-6,8-9H2,1-4H3. The van der Waals surface area contributed by atoms with E-state index in [2.05, 4.69) is 44.1 Å². The Kier molecular flexibility index (Phi) is 4.23. The Labute approximate surface area is 109 Å². The Bertz CT molecular complexity index is 353. The number of thiophene rings is 1. The Hall–Kier alpha value is -0.380. The first-order chi connectivity index (χ1) is 8.10. The van der Waals surface area contributed by atoms with Gasteiger partial charge in [-0.15, -0.1) is 11.3 Å². The zero-order chi connectivity index (χ0) is 12.4. The van der Waals surface area contributed by atoms with Crippen LogP contribution in [0.3, 0.4) is 0 Å². The largest absolute Gasteiger partial charge is 0.317 e. The minimum absolute atomic E-state index is 0.698. The van der Waals surface area contributed by atoms with Crippen LogP contribution in [0.4, 0.5) is 0 Å². The van der Waals surface area contributed by atoms with Crippen molar-refractivity contribution in [1.29, 1.82) is 0 Å². The van der Waals surface area contributed by atoms with Gasteiger partial charge in [0.2, 0.25) is 0 Å². The number of hydrogen-bond donors (Lipinski definition) is 1. The highest BCUT2D eigenvalue weighted by Crippen LogP contribution is 2.25. The van der Waals surface area contributed by atoms with E-state index in [1.807, 2.05) is 11.3 Å². The van der Waals surface area contributed by atoms with E-state index in [4.69, 9.17) is 0 Å². The summed E-state index contributed by atoms with van der Waals surface area (Å²) in [5, 5.41) is 3.41. The molecule has 0 radical (unpaired) electrons. The third-order valence-electron chi connectivity index (χ3n) is 4.00. The van der Waals surface area contributed by atoms with Gasteiger partial charge in [0.05, 0.1) is 0 Å². The van der Waals surface area contributed by atoms with Crippen LogP contribution in [0.2, 0.25) is 0 Å². The van der Waals surface area contributed by atoms with E-state index in [-0.39, 0.29) is 0 Å². The van der Waals surface area contributed by atoms with Gasteiger partial charge in [-0.25, -0.2) is 0 Å². The zero-order valence-electron chi connectivity index (χ0n) is 11.4. The Balaban J connectivity index is 1.95. The first kappa shape index (κ1) is 13.1. The van der Waals surface area contributed by atoms with Gasteiger partial charge in [-0.2, -0.15) is 0 Å². The number of rotatable bonds is 3. The van der Waals surface area contributed by atoms with Gasteiger partial charge < -0.3 is 5.32 Å². The van der Waals surface area contributed by atoms with E-state index in [1.165, 1.54) is 34.7 Å².